The monoisotopic (exact) mass is 310 g/mol. The molecule has 3 heterocycles. The number of H-pyrrole nitrogens is 1. The van der Waals surface area contributed by atoms with Gasteiger partial charge in [0.1, 0.15) is 5.82 Å². The van der Waals surface area contributed by atoms with Gasteiger partial charge < -0.3 is 4.98 Å². The second-order valence-electron chi connectivity index (χ2n) is 6.88. The molecule has 2 atom stereocenters. The fraction of sp³-hybridized carbons (Fsp3) is 0.500. The first-order valence-corrected chi connectivity index (χ1v) is 8.35. The second-order valence-corrected chi connectivity index (χ2v) is 6.88. The standard InChI is InChI=1S/C18H22N4O/c1-11-4-3-5-14(19-11)9-22-8-13-6-7-15-17(16(13)10-22)20-12(2)21-18(15)23/h3-5,13,16H,6-10H2,1-2H3,(H,20,21,23)/t13-,16+/m1/s1. The van der Waals surface area contributed by atoms with E-state index in [9.17, 15) is 4.79 Å². The predicted octanol–water partition coefficient (Wildman–Crippen LogP) is 1.94. The van der Waals surface area contributed by atoms with Crippen LogP contribution in [0.25, 0.3) is 0 Å². The fourth-order valence-electron chi connectivity index (χ4n) is 4.12. The molecule has 1 aliphatic carbocycles. The van der Waals surface area contributed by atoms with E-state index in [-0.39, 0.29) is 5.56 Å². The molecular formula is C18H22N4O. The highest BCUT2D eigenvalue weighted by Gasteiger charge is 2.39. The first kappa shape index (κ1) is 14.6. The van der Waals surface area contributed by atoms with Gasteiger partial charge in [-0.05, 0) is 44.7 Å². The molecule has 2 aromatic rings. The third-order valence-electron chi connectivity index (χ3n) is 5.13. The Morgan fingerprint density at radius 2 is 2.13 bits per heavy atom. The zero-order valence-corrected chi connectivity index (χ0v) is 13.7. The van der Waals surface area contributed by atoms with Crippen LogP contribution < -0.4 is 5.56 Å². The molecule has 120 valence electrons. The summed E-state index contributed by atoms with van der Waals surface area (Å²) in [5, 5.41) is 0. The largest absolute Gasteiger partial charge is 0.311 e. The lowest BCUT2D eigenvalue weighted by Crippen LogP contribution is -2.28. The van der Waals surface area contributed by atoms with Crippen LogP contribution in [0.4, 0.5) is 0 Å². The minimum absolute atomic E-state index is 0.0600. The Labute approximate surface area is 135 Å². The summed E-state index contributed by atoms with van der Waals surface area (Å²) in [5.41, 5.74) is 4.20. The summed E-state index contributed by atoms with van der Waals surface area (Å²) in [6.45, 7) is 6.83. The number of rotatable bonds is 2. The van der Waals surface area contributed by atoms with Gasteiger partial charge in [0.15, 0.2) is 0 Å². The van der Waals surface area contributed by atoms with Crippen molar-refractivity contribution in [3.63, 3.8) is 0 Å². The minimum Gasteiger partial charge on any atom is -0.311 e. The van der Waals surface area contributed by atoms with Crippen molar-refractivity contribution >= 4 is 0 Å². The van der Waals surface area contributed by atoms with Crippen molar-refractivity contribution in [3.8, 4) is 0 Å². The molecule has 5 heteroatoms. The minimum atomic E-state index is 0.0600. The second kappa shape index (κ2) is 5.57. The van der Waals surface area contributed by atoms with E-state index in [0.29, 0.717) is 11.8 Å². The van der Waals surface area contributed by atoms with Gasteiger partial charge in [-0.1, -0.05) is 6.07 Å². The van der Waals surface area contributed by atoms with Gasteiger partial charge in [0.05, 0.1) is 11.4 Å². The molecule has 1 N–H and O–H groups in total. The lowest BCUT2D eigenvalue weighted by molar-refractivity contribution is 0.309. The van der Waals surface area contributed by atoms with Crippen LogP contribution in [-0.2, 0) is 13.0 Å². The molecule has 0 amide bonds. The van der Waals surface area contributed by atoms with Gasteiger partial charge in [0.25, 0.3) is 5.56 Å². The molecule has 2 aromatic heterocycles. The quantitative estimate of drug-likeness (QED) is 0.921. The highest BCUT2D eigenvalue weighted by molar-refractivity contribution is 5.28. The maximum Gasteiger partial charge on any atom is 0.254 e. The number of aromatic nitrogens is 3. The Kier molecular flexibility index (Phi) is 3.53. The van der Waals surface area contributed by atoms with Gasteiger partial charge in [-0.15, -0.1) is 0 Å². The number of likely N-dealkylation sites (tertiary alicyclic amines) is 1. The number of hydrogen-bond acceptors (Lipinski definition) is 4. The van der Waals surface area contributed by atoms with E-state index >= 15 is 0 Å². The van der Waals surface area contributed by atoms with Gasteiger partial charge in [0.2, 0.25) is 0 Å². The van der Waals surface area contributed by atoms with Crippen LogP contribution in [0.3, 0.4) is 0 Å². The number of fused-ring (bicyclic) bond motifs is 3. The van der Waals surface area contributed by atoms with Crippen LogP contribution in [0.2, 0.25) is 0 Å². The van der Waals surface area contributed by atoms with E-state index in [1.165, 1.54) is 0 Å². The van der Waals surface area contributed by atoms with Crippen LogP contribution >= 0.6 is 0 Å². The summed E-state index contributed by atoms with van der Waals surface area (Å²) >= 11 is 0. The average molecular weight is 310 g/mol. The van der Waals surface area contributed by atoms with Gasteiger partial charge in [-0.3, -0.25) is 14.7 Å². The molecule has 0 aromatic carbocycles. The van der Waals surface area contributed by atoms with Crippen molar-refractivity contribution in [2.24, 2.45) is 5.92 Å². The topological polar surface area (TPSA) is 61.9 Å². The van der Waals surface area contributed by atoms with E-state index < -0.39 is 0 Å². The molecule has 0 spiro atoms. The Morgan fingerprint density at radius 1 is 1.26 bits per heavy atom. The molecule has 0 saturated carbocycles. The maximum atomic E-state index is 12.2. The average Bonchev–Trinajstić information content (AvgIpc) is 2.90. The summed E-state index contributed by atoms with van der Waals surface area (Å²) in [6.07, 6.45) is 1.94. The number of aromatic amines is 1. The molecule has 0 radical (unpaired) electrons. The normalized spacial score (nSPS) is 23.6. The molecule has 2 aliphatic rings. The van der Waals surface area contributed by atoms with Crippen LogP contribution in [0.15, 0.2) is 23.0 Å². The van der Waals surface area contributed by atoms with Gasteiger partial charge in [-0.25, -0.2) is 4.98 Å². The molecule has 0 bridgehead atoms. The van der Waals surface area contributed by atoms with Crippen molar-refractivity contribution in [1.82, 2.24) is 19.9 Å². The summed E-state index contributed by atoms with van der Waals surface area (Å²) in [7, 11) is 0. The van der Waals surface area contributed by atoms with E-state index in [4.69, 9.17) is 0 Å². The maximum absolute atomic E-state index is 12.2. The molecule has 5 nitrogen and oxygen atoms in total. The summed E-state index contributed by atoms with van der Waals surface area (Å²) < 4.78 is 0. The lowest BCUT2D eigenvalue weighted by Gasteiger charge is -2.25. The summed E-state index contributed by atoms with van der Waals surface area (Å²) in [6, 6.07) is 6.19. The number of nitrogens with one attached hydrogen (secondary N) is 1. The van der Waals surface area contributed by atoms with Gasteiger partial charge in [-0.2, -0.15) is 0 Å². The number of hydrogen-bond donors (Lipinski definition) is 1. The van der Waals surface area contributed by atoms with E-state index in [0.717, 1.165) is 60.9 Å². The highest BCUT2D eigenvalue weighted by atomic mass is 16.1. The van der Waals surface area contributed by atoms with Crippen LogP contribution in [-0.4, -0.2) is 32.9 Å². The molecule has 0 unspecified atom stereocenters. The number of nitrogens with zero attached hydrogens (tertiary/aromatic N) is 3. The molecule has 4 rings (SSSR count). The third-order valence-corrected chi connectivity index (χ3v) is 5.13. The van der Waals surface area contributed by atoms with E-state index in [2.05, 4.69) is 32.0 Å². The van der Waals surface area contributed by atoms with E-state index in [1.54, 1.807) is 0 Å². The van der Waals surface area contributed by atoms with Crippen LogP contribution in [0.1, 0.15) is 40.8 Å². The summed E-state index contributed by atoms with van der Waals surface area (Å²) in [4.78, 5) is 26.8. The molecule has 23 heavy (non-hydrogen) atoms. The first-order chi connectivity index (χ1) is 11.1. The van der Waals surface area contributed by atoms with Crippen molar-refractivity contribution in [2.75, 3.05) is 13.1 Å². The van der Waals surface area contributed by atoms with Crippen molar-refractivity contribution < 1.29 is 0 Å². The van der Waals surface area contributed by atoms with Crippen molar-refractivity contribution in [3.05, 3.63) is 57.0 Å². The zero-order chi connectivity index (χ0) is 16.0. The Bertz CT molecular complexity index is 798. The fourth-order valence-corrected chi connectivity index (χ4v) is 4.12. The number of pyridine rings is 1. The first-order valence-electron chi connectivity index (χ1n) is 8.35. The van der Waals surface area contributed by atoms with Gasteiger partial charge in [0, 0.05) is 36.8 Å². The zero-order valence-electron chi connectivity index (χ0n) is 13.7. The Balaban J connectivity index is 1.58. The van der Waals surface area contributed by atoms with E-state index in [1.807, 2.05) is 19.9 Å². The highest BCUT2D eigenvalue weighted by Crippen LogP contribution is 2.39. The number of aryl methyl sites for hydroxylation is 2. The Hall–Kier alpha value is -2.01. The SMILES string of the molecule is Cc1cccc(CN2C[C@H]3CCc4c(nc(C)[nH]c4=O)[C@H]3C2)n1. The van der Waals surface area contributed by atoms with Crippen molar-refractivity contribution in [1.29, 1.82) is 0 Å². The van der Waals surface area contributed by atoms with Gasteiger partial charge >= 0.3 is 0 Å². The molecule has 1 saturated heterocycles. The lowest BCUT2D eigenvalue weighted by atomic mass is 9.80. The summed E-state index contributed by atoms with van der Waals surface area (Å²) in [5.74, 6) is 1.73. The third kappa shape index (κ3) is 2.70. The molecule has 1 fully saturated rings. The van der Waals surface area contributed by atoms with Crippen molar-refractivity contribution in [2.45, 2.75) is 39.2 Å². The predicted molar refractivity (Wildman–Crippen MR) is 88.4 cm³/mol. The molecule has 1 aliphatic heterocycles. The van der Waals surface area contributed by atoms with Crippen LogP contribution in [0, 0.1) is 19.8 Å². The Morgan fingerprint density at radius 3 is 2.96 bits per heavy atom. The van der Waals surface area contributed by atoms with Crippen LogP contribution in [0.5, 0.6) is 0 Å². The molecular weight excluding hydrogens is 288 g/mol. The smallest absolute Gasteiger partial charge is 0.254 e.